The smallest absolute Gasteiger partial charge is 0.142 e. The molecule has 46 heavy (non-hydrogen) atoms. The Balaban J connectivity index is 0.000000152. The number of hydrogen-bond acceptors (Lipinski definition) is 4. The van der Waals surface area contributed by atoms with Crippen molar-refractivity contribution in [1.82, 2.24) is 0 Å². The van der Waals surface area contributed by atoms with Crippen LogP contribution in [0.1, 0.15) is 49.9 Å². The van der Waals surface area contributed by atoms with Gasteiger partial charge in [-0.1, -0.05) is 115 Å². The molecule has 0 bridgehead atoms. The molecule has 3 heterocycles. The summed E-state index contributed by atoms with van der Waals surface area (Å²) < 4.78 is 13.0. The van der Waals surface area contributed by atoms with Crippen LogP contribution in [-0.4, -0.2) is 16.3 Å². The van der Waals surface area contributed by atoms with Gasteiger partial charge < -0.3 is 19.5 Å². The Morgan fingerprint density at radius 2 is 0.891 bits per heavy atom. The lowest BCUT2D eigenvalue weighted by molar-refractivity contribution is -0.0509. The number of phenols is 1. The van der Waals surface area contributed by atoms with Crippen LogP contribution < -0.4 is 4.90 Å². The van der Waals surface area contributed by atoms with Gasteiger partial charge in [0, 0.05) is 22.4 Å². The maximum atomic E-state index is 10.3. The molecule has 1 atom stereocenters. The summed E-state index contributed by atoms with van der Waals surface area (Å²) in [5.41, 5.74) is 5.72. The van der Waals surface area contributed by atoms with Crippen molar-refractivity contribution in [2.45, 2.75) is 50.1 Å². The number of rotatable bonds is 3. The maximum absolute atomic E-state index is 10.3. The largest absolute Gasteiger partial charge is 0.508 e. The fraction of sp³-hybridized carbons (Fsp3) is 0.190. The van der Waals surface area contributed by atoms with Crippen LogP contribution in [0.25, 0.3) is 0 Å². The SMILES string of the molecule is CC1(C)C=CC(c2ccccc2)(c2ccccc2O)O1.CC1(C)C=CC2(O1)c1ccccc1N(c1ccccc1)c1ccccc12. The second kappa shape index (κ2) is 11.2. The van der Waals surface area contributed by atoms with Crippen LogP contribution in [0.3, 0.4) is 0 Å². The Kier molecular flexibility index (Phi) is 7.23. The van der Waals surface area contributed by atoms with Crippen LogP contribution in [0, 0.1) is 0 Å². The van der Waals surface area contributed by atoms with Crippen molar-refractivity contribution in [3.05, 3.63) is 180 Å². The van der Waals surface area contributed by atoms with Crippen LogP contribution in [0.4, 0.5) is 17.1 Å². The third-order valence-electron chi connectivity index (χ3n) is 8.90. The number of anilines is 3. The highest BCUT2D eigenvalue weighted by Gasteiger charge is 2.49. The monoisotopic (exact) mass is 605 g/mol. The minimum Gasteiger partial charge on any atom is -0.508 e. The van der Waals surface area contributed by atoms with E-state index in [0.29, 0.717) is 0 Å². The molecule has 0 fully saturated rings. The van der Waals surface area contributed by atoms with Gasteiger partial charge >= 0.3 is 0 Å². The van der Waals surface area contributed by atoms with Gasteiger partial charge in [0.2, 0.25) is 0 Å². The van der Waals surface area contributed by atoms with E-state index >= 15 is 0 Å². The van der Waals surface area contributed by atoms with E-state index in [2.05, 4.69) is 110 Å². The average Bonchev–Trinajstić information content (AvgIpc) is 3.59. The Labute approximate surface area is 271 Å². The summed E-state index contributed by atoms with van der Waals surface area (Å²) in [7, 11) is 0. The first-order valence-corrected chi connectivity index (χ1v) is 15.8. The maximum Gasteiger partial charge on any atom is 0.142 e. The molecule has 0 aliphatic carbocycles. The zero-order chi connectivity index (χ0) is 32.0. The Morgan fingerprint density at radius 1 is 0.457 bits per heavy atom. The summed E-state index contributed by atoms with van der Waals surface area (Å²) in [6.07, 6.45) is 8.50. The molecular weight excluding hydrogens is 566 g/mol. The number of nitrogens with zero attached hydrogens (tertiary/aromatic N) is 1. The molecule has 5 aromatic rings. The minimum atomic E-state index is -0.726. The first-order valence-electron chi connectivity index (χ1n) is 15.8. The quantitative estimate of drug-likeness (QED) is 0.208. The highest BCUT2D eigenvalue weighted by Crippen LogP contribution is 2.56. The summed E-state index contributed by atoms with van der Waals surface area (Å²) in [5, 5.41) is 10.3. The normalized spacial score (nSPS) is 20.9. The van der Waals surface area contributed by atoms with Crippen LogP contribution in [0.5, 0.6) is 5.75 Å². The van der Waals surface area contributed by atoms with E-state index in [4.69, 9.17) is 9.47 Å². The van der Waals surface area contributed by atoms with Gasteiger partial charge in [-0.3, -0.25) is 0 Å². The molecule has 3 aliphatic rings. The molecule has 8 rings (SSSR count). The molecule has 0 radical (unpaired) electrons. The molecule has 1 spiro atoms. The third kappa shape index (κ3) is 5.04. The average molecular weight is 606 g/mol. The van der Waals surface area contributed by atoms with Crippen molar-refractivity contribution in [2.75, 3.05) is 4.90 Å². The molecule has 5 aromatic carbocycles. The number of fused-ring (bicyclic) bond motifs is 4. The van der Waals surface area contributed by atoms with Crippen LogP contribution >= 0.6 is 0 Å². The Bertz CT molecular complexity index is 1880. The topological polar surface area (TPSA) is 41.9 Å². The fourth-order valence-corrected chi connectivity index (χ4v) is 6.92. The van der Waals surface area contributed by atoms with Gasteiger partial charge in [-0.05, 0) is 75.7 Å². The van der Waals surface area contributed by atoms with E-state index in [-0.39, 0.29) is 17.0 Å². The van der Waals surface area contributed by atoms with Gasteiger partial charge in [0.15, 0.2) is 0 Å². The van der Waals surface area contributed by atoms with E-state index in [1.165, 1.54) is 22.5 Å². The van der Waals surface area contributed by atoms with E-state index in [9.17, 15) is 5.11 Å². The van der Waals surface area contributed by atoms with Crippen LogP contribution in [-0.2, 0) is 20.7 Å². The van der Waals surface area contributed by atoms with Gasteiger partial charge in [-0.2, -0.15) is 0 Å². The van der Waals surface area contributed by atoms with Crippen LogP contribution in [0.2, 0.25) is 0 Å². The Morgan fingerprint density at radius 3 is 1.39 bits per heavy atom. The summed E-state index contributed by atoms with van der Waals surface area (Å²) in [6, 6.07) is 45.0. The lowest BCUT2D eigenvalue weighted by Crippen LogP contribution is -2.37. The molecule has 1 unspecified atom stereocenters. The molecular formula is C42H39NO3. The summed E-state index contributed by atoms with van der Waals surface area (Å²) in [4.78, 5) is 2.33. The molecule has 0 saturated carbocycles. The van der Waals surface area contributed by atoms with Crippen molar-refractivity contribution < 1.29 is 14.6 Å². The van der Waals surface area contributed by atoms with E-state index < -0.39 is 11.2 Å². The number of ether oxygens (including phenoxy) is 2. The van der Waals surface area contributed by atoms with Crippen LogP contribution in [0.15, 0.2) is 158 Å². The summed E-state index contributed by atoms with van der Waals surface area (Å²) >= 11 is 0. The molecule has 0 saturated heterocycles. The van der Waals surface area contributed by atoms with Crippen molar-refractivity contribution in [3.63, 3.8) is 0 Å². The van der Waals surface area contributed by atoms with Gasteiger partial charge in [0.1, 0.15) is 17.0 Å². The van der Waals surface area contributed by atoms with Gasteiger partial charge in [0.05, 0.1) is 22.6 Å². The van der Waals surface area contributed by atoms with Crippen molar-refractivity contribution in [1.29, 1.82) is 0 Å². The molecule has 0 amide bonds. The van der Waals surface area contributed by atoms with E-state index in [0.717, 1.165) is 16.8 Å². The first kappa shape index (κ1) is 29.8. The molecule has 230 valence electrons. The molecule has 0 aromatic heterocycles. The van der Waals surface area contributed by atoms with Gasteiger partial charge in [-0.25, -0.2) is 0 Å². The molecule has 4 nitrogen and oxygen atoms in total. The van der Waals surface area contributed by atoms with Crippen molar-refractivity contribution in [3.8, 4) is 5.75 Å². The van der Waals surface area contributed by atoms with Gasteiger partial charge in [0.25, 0.3) is 0 Å². The molecule has 4 heteroatoms. The number of benzene rings is 5. The third-order valence-corrected chi connectivity index (χ3v) is 8.90. The number of para-hydroxylation sites is 4. The predicted octanol–water partition coefficient (Wildman–Crippen LogP) is 10.1. The standard InChI is InChI=1S/C24H21NO.C18H18O2/c1-23(2)16-17-24(26-23)19-12-6-8-14-21(19)25(18-10-4-3-5-11-18)22-15-9-7-13-20(22)24;1-17(2)12-13-18(20-17,14-8-4-3-5-9-14)15-10-6-7-11-16(15)19/h3-17H,1-2H3;3-13,19H,1-2H3. The number of hydrogen-bond donors (Lipinski definition) is 1. The first-order chi connectivity index (χ1) is 22.1. The lowest BCUT2D eigenvalue weighted by Gasteiger charge is -2.43. The summed E-state index contributed by atoms with van der Waals surface area (Å²) in [6.45, 7) is 8.28. The number of aromatic hydroxyl groups is 1. The highest BCUT2D eigenvalue weighted by molar-refractivity contribution is 5.86. The summed E-state index contributed by atoms with van der Waals surface area (Å²) in [5.74, 6) is 0.249. The predicted molar refractivity (Wildman–Crippen MR) is 186 cm³/mol. The second-order valence-corrected chi connectivity index (χ2v) is 13.1. The molecule has 3 aliphatic heterocycles. The highest BCUT2D eigenvalue weighted by atomic mass is 16.5. The number of phenolic OH excluding ortho intramolecular Hbond substituents is 1. The van der Waals surface area contributed by atoms with E-state index in [1.54, 1.807) is 6.07 Å². The van der Waals surface area contributed by atoms with E-state index in [1.807, 2.05) is 74.5 Å². The molecule has 1 N–H and O–H groups in total. The second-order valence-electron chi connectivity index (χ2n) is 13.1. The minimum absolute atomic E-state index is 0.249. The zero-order valence-corrected chi connectivity index (χ0v) is 26.7. The lowest BCUT2D eigenvalue weighted by atomic mass is 9.80. The fourth-order valence-electron chi connectivity index (χ4n) is 6.92. The zero-order valence-electron chi connectivity index (χ0n) is 26.7. The van der Waals surface area contributed by atoms with Crippen molar-refractivity contribution in [2.24, 2.45) is 0 Å². The van der Waals surface area contributed by atoms with Crippen molar-refractivity contribution >= 4 is 17.1 Å². The Hall–Kier alpha value is -4.90. The van der Waals surface area contributed by atoms with Gasteiger partial charge in [-0.15, -0.1) is 0 Å².